The van der Waals surface area contributed by atoms with Crippen molar-refractivity contribution in [1.82, 2.24) is 0 Å². The number of piperazine rings is 1. The van der Waals surface area contributed by atoms with Crippen LogP contribution in [0.4, 0.5) is 24.7 Å². The molecule has 29 heavy (non-hydrogen) atoms. The van der Waals surface area contributed by atoms with Crippen LogP contribution in [0.3, 0.4) is 0 Å². The maximum Gasteiger partial charge on any atom is 0.419 e. The number of nitrogens with zero attached hydrogens (tertiary/aromatic N) is 2. The van der Waals surface area contributed by atoms with Crippen LogP contribution in [0.2, 0.25) is 0 Å². The van der Waals surface area contributed by atoms with Crippen LogP contribution in [-0.4, -0.2) is 38.1 Å². The number of quaternary nitrogens is 1. The van der Waals surface area contributed by atoms with Crippen molar-refractivity contribution >= 4 is 17.4 Å². The summed E-state index contributed by atoms with van der Waals surface area (Å²) in [5.74, 6) is 0.519. The van der Waals surface area contributed by atoms with Gasteiger partial charge in [-0.15, -0.1) is 0 Å². The number of alkyl halides is 3. The quantitative estimate of drug-likeness (QED) is 0.801. The molecule has 0 unspecified atom stereocenters. The van der Waals surface area contributed by atoms with Gasteiger partial charge in [0.15, 0.2) is 6.04 Å². The first-order valence-electron chi connectivity index (χ1n) is 9.27. The lowest BCUT2D eigenvalue weighted by molar-refractivity contribution is -0.914. The van der Waals surface area contributed by atoms with Gasteiger partial charge in [0, 0.05) is 11.8 Å². The van der Waals surface area contributed by atoms with Gasteiger partial charge in [-0.05, 0) is 37.3 Å². The highest BCUT2D eigenvalue weighted by Gasteiger charge is 2.34. The number of benzene rings is 1. The maximum atomic E-state index is 12.7. The first-order chi connectivity index (χ1) is 13.8. The zero-order chi connectivity index (χ0) is 21.0. The number of aromatic nitrogens is 1. The second-order valence-corrected chi connectivity index (χ2v) is 7.01. The third kappa shape index (κ3) is 5.03. The lowest BCUT2D eigenvalue weighted by Gasteiger charge is -2.31. The standard InChI is InChI=1S/C20H20F3N5O/c1-14(19(29)26-17-5-2-15(12-24)3-6-17)27-8-10-28(11-9-27)18-7-4-16(13-25-18)20(21,22)23/h2-7,13-14H,8-11H2,1H3,(H,26,29)/p+2/t14-/m1/s1. The number of carbonyl (C=O) groups excluding carboxylic acids is 1. The molecule has 1 aromatic carbocycles. The van der Waals surface area contributed by atoms with Crippen LogP contribution >= 0.6 is 0 Å². The number of hydrogen-bond acceptors (Lipinski definition) is 3. The van der Waals surface area contributed by atoms with E-state index in [-0.39, 0.29) is 11.9 Å². The van der Waals surface area contributed by atoms with Crippen molar-refractivity contribution in [2.24, 2.45) is 0 Å². The molecule has 2 heterocycles. The van der Waals surface area contributed by atoms with Crippen molar-refractivity contribution in [2.75, 3.05) is 36.4 Å². The summed E-state index contributed by atoms with van der Waals surface area (Å²) in [5, 5.41) is 11.7. The molecule has 3 N–H and O–H groups in total. The largest absolute Gasteiger partial charge is 0.419 e. The van der Waals surface area contributed by atoms with Crippen LogP contribution in [0.1, 0.15) is 18.1 Å². The zero-order valence-corrected chi connectivity index (χ0v) is 15.9. The minimum Gasteiger partial charge on any atom is -0.321 e. The van der Waals surface area contributed by atoms with Gasteiger partial charge in [-0.1, -0.05) is 0 Å². The fraction of sp³-hybridized carbons (Fsp3) is 0.350. The van der Waals surface area contributed by atoms with E-state index in [4.69, 9.17) is 5.26 Å². The smallest absolute Gasteiger partial charge is 0.321 e. The summed E-state index contributed by atoms with van der Waals surface area (Å²) in [6.45, 7) is 4.50. The number of H-pyrrole nitrogens is 1. The van der Waals surface area contributed by atoms with Gasteiger partial charge < -0.3 is 10.2 Å². The van der Waals surface area contributed by atoms with Gasteiger partial charge in [0.1, 0.15) is 32.4 Å². The summed E-state index contributed by atoms with van der Waals surface area (Å²) in [6, 6.07) is 10.9. The number of halogens is 3. The molecule has 6 nitrogen and oxygen atoms in total. The Balaban J connectivity index is 1.54. The van der Waals surface area contributed by atoms with Gasteiger partial charge in [-0.25, -0.2) is 4.98 Å². The Morgan fingerprint density at radius 3 is 2.38 bits per heavy atom. The van der Waals surface area contributed by atoms with E-state index < -0.39 is 11.7 Å². The number of rotatable bonds is 4. The molecular weight excluding hydrogens is 383 g/mol. The van der Waals surface area contributed by atoms with Crippen LogP contribution in [0.25, 0.3) is 0 Å². The highest BCUT2D eigenvalue weighted by atomic mass is 19.4. The Hall–Kier alpha value is -3.12. The molecule has 0 radical (unpaired) electrons. The minimum atomic E-state index is -4.37. The molecule has 0 saturated carbocycles. The summed E-state index contributed by atoms with van der Waals surface area (Å²) < 4.78 is 38.0. The number of hydrogen-bond donors (Lipinski definition) is 2. The number of anilines is 2. The predicted octanol–water partition coefficient (Wildman–Crippen LogP) is 1.12. The second-order valence-electron chi connectivity index (χ2n) is 7.01. The average Bonchev–Trinajstić information content (AvgIpc) is 2.73. The first kappa shape index (κ1) is 20.6. The highest BCUT2D eigenvalue weighted by Crippen LogP contribution is 2.28. The van der Waals surface area contributed by atoms with E-state index in [1.54, 1.807) is 24.3 Å². The Morgan fingerprint density at radius 1 is 1.21 bits per heavy atom. The predicted molar refractivity (Wildman–Crippen MR) is 100 cm³/mol. The lowest BCUT2D eigenvalue weighted by Crippen LogP contribution is -3.19. The molecular formula is C20H22F3N5O+2. The number of amides is 1. The third-order valence-corrected chi connectivity index (χ3v) is 5.16. The Morgan fingerprint density at radius 2 is 1.86 bits per heavy atom. The molecule has 1 fully saturated rings. The first-order valence-corrected chi connectivity index (χ1v) is 9.27. The van der Waals surface area contributed by atoms with Crippen molar-refractivity contribution < 1.29 is 27.8 Å². The van der Waals surface area contributed by atoms with Crippen molar-refractivity contribution in [2.45, 2.75) is 19.1 Å². The maximum absolute atomic E-state index is 12.7. The van der Waals surface area contributed by atoms with Gasteiger partial charge in [0.2, 0.25) is 0 Å². The van der Waals surface area contributed by atoms with Crippen molar-refractivity contribution in [3.05, 3.63) is 53.7 Å². The molecule has 3 rings (SSSR count). The van der Waals surface area contributed by atoms with Crippen LogP contribution in [0.5, 0.6) is 0 Å². The molecule has 1 saturated heterocycles. The van der Waals surface area contributed by atoms with Crippen LogP contribution < -0.4 is 20.1 Å². The fourth-order valence-corrected chi connectivity index (χ4v) is 3.32. The zero-order valence-electron chi connectivity index (χ0n) is 15.9. The number of carbonyl (C=O) groups is 1. The molecule has 0 bridgehead atoms. The normalized spacial score (nSPS) is 16.2. The number of nitriles is 1. The van der Waals surface area contributed by atoms with E-state index in [0.717, 1.165) is 17.2 Å². The average molecular weight is 405 g/mol. The molecule has 1 aromatic heterocycles. The lowest BCUT2D eigenvalue weighted by atomic mass is 10.2. The molecule has 152 valence electrons. The van der Waals surface area contributed by atoms with E-state index in [2.05, 4.69) is 10.3 Å². The summed E-state index contributed by atoms with van der Waals surface area (Å²) in [7, 11) is 0. The SMILES string of the molecule is C[C@H](C(=O)Nc1ccc(C#N)cc1)[NH+]1CCN(c2ccc(C(F)(F)F)c[nH+]2)CC1. The topological polar surface area (TPSA) is 74.7 Å². The van der Waals surface area contributed by atoms with E-state index in [9.17, 15) is 18.0 Å². The fourth-order valence-electron chi connectivity index (χ4n) is 3.32. The molecule has 1 atom stereocenters. The monoisotopic (exact) mass is 405 g/mol. The van der Waals surface area contributed by atoms with Crippen LogP contribution in [0, 0.1) is 11.3 Å². The molecule has 9 heteroatoms. The van der Waals surface area contributed by atoms with Crippen LogP contribution in [-0.2, 0) is 11.0 Å². The van der Waals surface area contributed by atoms with E-state index in [1.165, 1.54) is 6.07 Å². The molecule has 0 spiro atoms. The van der Waals surface area contributed by atoms with E-state index in [1.807, 2.05) is 17.9 Å². The molecule has 1 aliphatic rings. The Labute approximate surface area is 166 Å². The van der Waals surface area contributed by atoms with Gasteiger partial charge in [0.25, 0.3) is 11.7 Å². The Kier molecular flexibility index (Phi) is 6.03. The Bertz CT molecular complexity index is 882. The third-order valence-electron chi connectivity index (χ3n) is 5.16. The van der Waals surface area contributed by atoms with Gasteiger partial charge in [0.05, 0.1) is 17.2 Å². The summed E-state index contributed by atoms with van der Waals surface area (Å²) in [6.07, 6.45) is -3.39. The van der Waals surface area contributed by atoms with Gasteiger partial charge >= 0.3 is 6.18 Å². The summed E-state index contributed by atoms with van der Waals surface area (Å²) >= 11 is 0. The second kappa shape index (κ2) is 8.49. The van der Waals surface area contributed by atoms with Crippen molar-refractivity contribution in [3.8, 4) is 6.07 Å². The highest BCUT2D eigenvalue weighted by molar-refractivity contribution is 5.93. The summed E-state index contributed by atoms with van der Waals surface area (Å²) in [4.78, 5) is 18.3. The van der Waals surface area contributed by atoms with E-state index >= 15 is 0 Å². The summed E-state index contributed by atoms with van der Waals surface area (Å²) in [5.41, 5.74) is 0.453. The number of aromatic amines is 1. The van der Waals surface area contributed by atoms with Crippen molar-refractivity contribution in [1.29, 1.82) is 5.26 Å². The van der Waals surface area contributed by atoms with E-state index in [0.29, 0.717) is 43.2 Å². The number of pyridine rings is 1. The molecule has 2 aromatic rings. The molecule has 1 aliphatic heterocycles. The van der Waals surface area contributed by atoms with Gasteiger partial charge in [-0.3, -0.25) is 9.69 Å². The van der Waals surface area contributed by atoms with Gasteiger partial charge in [-0.2, -0.15) is 18.4 Å². The van der Waals surface area contributed by atoms with Crippen molar-refractivity contribution in [3.63, 3.8) is 0 Å². The number of nitrogens with one attached hydrogen (secondary N) is 3. The minimum absolute atomic E-state index is 0.112. The molecule has 1 amide bonds. The molecule has 0 aliphatic carbocycles. The van der Waals surface area contributed by atoms with Crippen LogP contribution in [0.15, 0.2) is 42.6 Å².